The van der Waals surface area contributed by atoms with E-state index < -0.39 is 0 Å². The molecule has 0 saturated carbocycles. The molecule has 0 fully saturated rings. The highest BCUT2D eigenvalue weighted by atomic mass is 15.0. The van der Waals surface area contributed by atoms with Gasteiger partial charge in [-0.1, -0.05) is 124 Å². The first-order chi connectivity index (χ1) is 21.8. The average molecular weight is 586 g/mol. The quantitative estimate of drug-likeness (QED) is 0.218. The van der Waals surface area contributed by atoms with Crippen molar-refractivity contribution >= 4 is 21.5 Å². The van der Waals surface area contributed by atoms with Crippen LogP contribution in [0.5, 0.6) is 0 Å². The molecular weight excluding hydrogens is 550 g/mol. The molecule has 2 aromatic heterocycles. The predicted molar refractivity (Wildman–Crippen MR) is 186 cm³/mol. The van der Waals surface area contributed by atoms with E-state index in [1.807, 2.05) is 55.6 Å². The van der Waals surface area contributed by atoms with Crippen molar-refractivity contribution in [2.75, 3.05) is 0 Å². The Morgan fingerprint density at radius 1 is 0.533 bits per heavy atom. The summed E-state index contributed by atoms with van der Waals surface area (Å²) in [6.45, 7) is 8.75. The van der Waals surface area contributed by atoms with Crippen molar-refractivity contribution in [3.8, 4) is 45.4 Å². The molecule has 2 heterocycles. The topological polar surface area (TPSA) is 77.6 Å². The Balaban J connectivity index is 1.46. The third kappa shape index (κ3) is 5.36. The molecule has 1 unspecified atom stereocenters. The second kappa shape index (κ2) is 11.3. The van der Waals surface area contributed by atoms with E-state index >= 15 is 0 Å². The van der Waals surface area contributed by atoms with Gasteiger partial charge in [0.1, 0.15) is 0 Å². The minimum atomic E-state index is -0.102. The first-order valence-corrected chi connectivity index (χ1v) is 15.4. The minimum absolute atomic E-state index is 0.0134. The van der Waals surface area contributed by atoms with E-state index in [1.165, 1.54) is 10.9 Å². The monoisotopic (exact) mass is 585 g/mol. The van der Waals surface area contributed by atoms with Gasteiger partial charge in [0.2, 0.25) is 0 Å². The lowest BCUT2D eigenvalue weighted by molar-refractivity contribution is 0.596. The maximum absolute atomic E-state index is 6.37. The maximum Gasteiger partial charge on any atom is 0.165 e. The molecule has 220 valence electrons. The zero-order valence-electron chi connectivity index (χ0n) is 26.0. The number of pyridine rings is 1. The zero-order chi connectivity index (χ0) is 31.1. The Bertz CT molecular complexity index is 2160. The van der Waals surface area contributed by atoms with Crippen LogP contribution in [-0.2, 0) is 5.41 Å². The normalized spacial score (nSPS) is 12.5. The lowest BCUT2D eigenvalue weighted by Gasteiger charge is -2.22. The van der Waals surface area contributed by atoms with Gasteiger partial charge in [-0.05, 0) is 57.1 Å². The Labute approximate surface area is 263 Å². The molecule has 0 aliphatic carbocycles. The number of rotatable bonds is 5. The van der Waals surface area contributed by atoms with Crippen LogP contribution in [0, 0.1) is 0 Å². The Morgan fingerprint density at radius 2 is 1.09 bits per heavy atom. The van der Waals surface area contributed by atoms with Crippen LogP contribution in [0.25, 0.3) is 67.0 Å². The molecule has 5 heteroatoms. The summed E-state index contributed by atoms with van der Waals surface area (Å²) in [4.78, 5) is 20.1. The van der Waals surface area contributed by atoms with Crippen molar-refractivity contribution in [2.45, 2.75) is 39.2 Å². The summed E-state index contributed by atoms with van der Waals surface area (Å²) in [5.74, 6) is 1.81. The molecule has 0 aliphatic heterocycles. The lowest BCUT2D eigenvalue weighted by Crippen LogP contribution is -2.12. The molecular formula is C40H35N5. The van der Waals surface area contributed by atoms with Crippen LogP contribution < -0.4 is 5.73 Å². The molecule has 5 aromatic carbocycles. The average Bonchev–Trinajstić information content (AvgIpc) is 3.07. The highest BCUT2D eigenvalue weighted by molar-refractivity contribution is 6.00. The molecule has 0 spiro atoms. The second-order valence-electron chi connectivity index (χ2n) is 12.6. The van der Waals surface area contributed by atoms with Crippen molar-refractivity contribution < 1.29 is 0 Å². The molecule has 7 aromatic rings. The minimum Gasteiger partial charge on any atom is -0.324 e. The number of hydrogen-bond donors (Lipinski definition) is 1. The third-order valence-electron chi connectivity index (χ3n) is 8.39. The summed E-state index contributed by atoms with van der Waals surface area (Å²) in [5.41, 5.74) is 13.4. The SMILES string of the molecule is CC(N)c1ccc(-c2nc(-c3ccc(-c4ccccc4)nc3)nc(-c3ccc(C(C)(C)C)c4ccccc34)n2)c2ccccc12. The number of hydrogen-bond acceptors (Lipinski definition) is 5. The van der Waals surface area contributed by atoms with Crippen LogP contribution in [0.1, 0.15) is 44.9 Å². The summed E-state index contributed by atoms with van der Waals surface area (Å²) >= 11 is 0. The van der Waals surface area contributed by atoms with E-state index in [1.54, 1.807) is 0 Å². The van der Waals surface area contributed by atoms with Gasteiger partial charge in [-0.15, -0.1) is 0 Å². The maximum atomic E-state index is 6.37. The summed E-state index contributed by atoms with van der Waals surface area (Å²) in [7, 11) is 0. The van der Waals surface area contributed by atoms with Gasteiger partial charge < -0.3 is 5.73 Å². The van der Waals surface area contributed by atoms with Crippen LogP contribution in [0.3, 0.4) is 0 Å². The highest BCUT2D eigenvalue weighted by Gasteiger charge is 2.21. The fraction of sp³-hybridized carbons (Fsp3) is 0.150. The summed E-state index contributed by atoms with van der Waals surface area (Å²) in [6, 6.07) is 39.5. The largest absolute Gasteiger partial charge is 0.324 e. The van der Waals surface area contributed by atoms with Crippen molar-refractivity contribution in [2.24, 2.45) is 5.73 Å². The van der Waals surface area contributed by atoms with Crippen molar-refractivity contribution in [1.29, 1.82) is 0 Å². The third-order valence-corrected chi connectivity index (χ3v) is 8.39. The van der Waals surface area contributed by atoms with Gasteiger partial charge in [0.05, 0.1) is 5.69 Å². The first kappa shape index (κ1) is 28.5. The van der Waals surface area contributed by atoms with Crippen LogP contribution in [0.4, 0.5) is 0 Å². The Morgan fingerprint density at radius 3 is 1.69 bits per heavy atom. The number of nitrogens with zero attached hydrogens (tertiary/aromatic N) is 4. The molecule has 0 saturated heterocycles. The standard InChI is InChI=1S/C40H35N5/c1-25(41)28-19-20-33(30-15-9-8-14-29(28)30)38-43-37(27-18-23-36(42-24-27)26-12-6-5-7-13-26)44-39(45-38)34-21-22-35(40(2,3)4)32-17-11-10-16-31(32)34/h5-25H,41H2,1-4H3. The molecule has 0 aliphatic rings. The van der Waals surface area contributed by atoms with Crippen molar-refractivity contribution in [3.63, 3.8) is 0 Å². The van der Waals surface area contributed by atoms with Gasteiger partial charge in [-0.25, -0.2) is 15.0 Å². The summed E-state index contributed by atoms with van der Waals surface area (Å²) in [6.07, 6.45) is 1.85. The number of benzene rings is 5. The fourth-order valence-electron chi connectivity index (χ4n) is 6.11. The Hall–Kier alpha value is -5.26. The molecule has 7 rings (SSSR count). The zero-order valence-corrected chi connectivity index (χ0v) is 26.0. The van der Waals surface area contributed by atoms with E-state index in [-0.39, 0.29) is 11.5 Å². The lowest BCUT2D eigenvalue weighted by atomic mass is 9.82. The predicted octanol–water partition coefficient (Wildman–Crippen LogP) is 9.56. The fourth-order valence-corrected chi connectivity index (χ4v) is 6.11. The van der Waals surface area contributed by atoms with Crippen LogP contribution in [0.2, 0.25) is 0 Å². The molecule has 2 N–H and O–H groups in total. The number of nitrogens with two attached hydrogens (primary N) is 1. The van der Waals surface area contributed by atoms with Crippen molar-refractivity contribution in [3.05, 3.63) is 133 Å². The summed E-state index contributed by atoms with van der Waals surface area (Å²) < 4.78 is 0. The van der Waals surface area contributed by atoms with Gasteiger partial charge in [-0.3, -0.25) is 4.98 Å². The van der Waals surface area contributed by atoms with E-state index in [9.17, 15) is 0 Å². The molecule has 0 bridgehead atoms. The van der Waals surface area contributed by atoms with Gasteiger partial charge in [0.15, 0.2) is 17.5 Å². The van der Waals surface area contributed by atoms with Crippen molar-refractivity contribution in [1.82, 2.24) is 19.9 Å². The second-order valence-corrected chi connectivity index (χ2v) is 12.6. The molecule has 1 atom stereocenters. The number of fused-ring (bicyclic) bond motifs is 2. The highest BCUT2D eigenvalue weighted by Crippen LogP contribution is 2.37. The van der Waals surface area contributed by atoms with Crippen LogP contribution in [-0.4, -0.2) is 19.9 Å². The summed E-state index contributed by atoms with van der Waals surface area (Å²) in [5, 5.41) is 4.47. The van der Waals surface area contributed by atoms with Gasteiger partial charge in [0, 0.05) is 34.5 Å². The van der Waals surface area contributed by atoms with Gasteiger partial charge >= 0.3 is 0 Å². The van der Waals surface area contributed by atoms with Crippen LogP contribution in [0.15, 0.2) is 121 Å². The van der Waals surface area contributed by atoms with Gasteiger partial charge in [0.25, 0.3) is 0 Å². The molecule has 0 amide bonds. The molecule has 45 heavy (non-hydrogen) atoms. The van der Waals surface area contributed by atoms with E-state index in [0.29, 0.717) is 17.5 Å². The molecule has 0 radical (unpaired) electrons. The van der Waals surface area contributed by atoms with Crippen LogP contribution >= 0.6 is 0 Å². The van der Waals surface area contributed by atoms with E-state index in [2.05, 4.69) is 93.6 Å². The smallest absolute Gasteiger partial charge is 0.165 e. The first-order valence-electron chi connectivity index (χ1n) is 15.4. The van der Waals surface area contributed by atoms with E-state index in [4.69, 9.17) is 25.7 Å². The molecule has 5 nitrogen and oxygen atoms in total. The van der Waals surface area contributed by atoms with Gasteiger partial charge in [-0.2, -0.15) is 0 Å². The Kier molecular flexibility index (Phi) is 7.19. The van der Waals surface area contributed by atoms with E-state index in [0.717, 1.165) is 49.7 Å². The number of aromatic nitrogens is 4.